The highest BCUT2D eigenvalue weighted by atomic mass is 35.5. The molecule has 1 aromatic heterocycles. The molecule has 0 unspecified atom stereocenters. The van der Waals surface area contributed by atoms with E-state index >= 15 is 0 Å². The van der Waals surface area contributed by atoms with Gasteiger partial charge in [0, 0.05) is 36.4 Å². The van der Waals surface area contributed by atoms with E-state index in [0.717, 1.165) is 68.0 Å². The summed E-state index contributed by atoms with van der Waals surface area (Å²) in [4.78, 5) is 18.9. The Morgan fingerprint density at radius 2 is 1.72 bits per heavy atom. The lowest BCUT2D eigenvalue weighted by molar-refractivity contribution is -0.142. The molecule has 0 bridgehead atoms. The minimum absolute atomic E-state index is 0.798. The van der Waals surface area contributed by atoms with Crippen LogP contribution in [0.1, 0.15) is 60.2 Å². The largest absolute Gasteiger partial charge is 0.481 e. The number of halogens is 1. The van der Waals surface area contributed by atoms with Crippen LogP contribution in [0, 0.1) is 0 Å². The molecule has 0 atom stereocenters. The van der Waals surface area contributed by atoms with E-state index in [1.54, 1.807) is 13.8 Å². The number of aryl methyl sites for hydroxylation is 2. The fourth-order valence-corrected chi connectivity index (χ4v) is 5.62. The van der Waals surface area contributed by atoms with Crippen molar-refractivity contribution in [1.29, 1.82) is 0 Å². The Morgan fingerprint density at radius 1 is 1.00 bits per heavy atom. The molecule has 0 amide bonds. The van der Waals surface area contributed by atoms with E-state index in [1.165, 1.54) is 33.4 Å². The Kier molecular flexibility index (Phi) is 7.00. The van der Waals surface area contributed by atoms with Crippen molar-refractivity contribution >= 4 is 23.1 Å². The number of likely N-dealkylation sites (tertiary alicyclic amines) is 1. The second-order valence-electron chi connectivity index (χ2n) is 10.5. The number of pyridine rings is 1. The van der Waals surface area contributed by atoms with E-state index in [9.17, 15) is 9.90 Å². The number of nitrogens with zero attached hydrogens (tertiary/aromatic N) is 2. The first kappa shape index (κ1) is 24.7. The minimum atomic E-state index is -0.870. The maximum Gasteiger partial charge on any atom is 0.313 e. The molecule has 4 nitrogen and oxygen atoms in total. The van der Waals surface area contributed by atoms with Gasteiger partial charge in [-0.15, -0.1) is 0 Å². The number of benzene rings is 2. The van der Waals surface area contributed by atoms with E-state index in [2.05, 4.69) is 35.2 Å². The molecule has 0 saturated carbocycles. The number of hydrogen-bond acceptors (Lipinski definition) is 3. The molecule has 5 heteroatoms. The molecule has 1 N–H and O–H groups in total. The van der Waals surface area contributed by atoms with Gasteiger partial charge >= 0.3 is 5.97 Å². The van der Waals surface area contributed by atoms with Gasteiger partial charge in [-0.25, -0.2) is 0 Å². The van der Waals surface area contributed by atoms with Crippen LogP contribution in [0.3, 0.4) is 0 Å². The molecule has 36 heavy (non-hydrogen) atoms. The second kappa shape index (κ2) is 10.2. The first-order valence-electron chi connectivity index (χ1n) is 12.8. The summed E-state index contributed by atoms with van der Waals surface area (Å²) in [5, 5.41) is 10.3. The van der Waals surface area contributed by atoms with Crippen LogP contribution in [0.5, 0.6) is 0 Å². The molecule has 2 aliphatic rings. The zero-order valence-corrected chi connectivity index (χ0v) is 21.8. The van der Waals surface area contributed by atoms with Crippen LogP contribution in [0.2, 0.25) is 5.02 Å². The van der Waals surface area contributed by atoms with E-state index in [4.69, 9.17) is 16.6 Å². The summed E-state index contributed by atoms with van der Waals surface area (Å²) in [5.74, 6) is -0.800. The smallest absolute Gasteiger partial charge is 0.313 e. The lowest BCUT2D eigenvalue weighted by Crippen LogP contribution is -2.33. The lowest BCUT2D eigenvalue weighted by atomic mass is 9.84. The zero-order valence-electron chi connectivity index (χ0n) is 21.1. The van der Waals surface area contributed by atoms with E-state index in [0.29, 0.717) is 0 Å². The summed E-state index contributed by atoms with van der Waals surface area (Å²) in [6.07, 6.45) is 6.93. The zero-order chi connectivity index (χ0) is 25.3. The summed E-state index contributed by atoms with van der Waals surface area (Å²) < 4.78 is 0. The number of rotatable bonds is 5. The maximum absolute atomic E-state index is 11.5. The molecule has 2 heterocycles. The quantitative estimate of drug-likeness (QED) is 0.444. The van der Waals surface area contributed by atoms with E-state index < -0.39 is 11.4 Å². The number of carbonyl (C=O) groups is 1. The number of aliphatic carboxylic acids is 1. The third-order valence-electron chi connectivity index (χ3n) is 7.87. The molecular formula is C31H33ClN2O2. The molecule has 186 valence electrons. The Bertz CT molecular complexity index is 1300. The standard InChI is InChI=1S/C31H33ClN2O2/c1-31(2,30(35)36)25-9-5-21(6-10-25)13-17-34-18-14-22(15-19-34)28-27-12-11-26(32)20-24(27)8-7-23-4-3-16-33-29(23)28/h3-6,9-12,16,20H,7-8,13-15,17-19H2,1-2H3,(H,35,36). The van der Waals surface area contributed by atoms with Gasteiger partial charge in [0.25, 0.3) is 0 Å². The molecule has 2 aromatic carbocycles. The van der Waals surface area contributed by atoms with Crippen LogP contribution < -0.4 is 0 Å². The summed E-state index contributed by atoms with van der Waals surface area (Å²) >= 11 is 6.36. The van der Waals surface area contributed by atoms with Crippen molar-refractivity contribution in [3.05, 3.63) is 105 Å². The fraction of sp³-hybridized carbons (Fsp3) is 0.355. The van der Waals surface area contributed by atoms with Crippen LogP contribution in [-0.4, -0.2) is 40.6 Å². The lowest BCUT2D eigenvalue weighted by Gasteiger charge is -2.30. The Balaban J connectivity index is 1.30. The van der Waals surface area contributed by atoms with Crippen molar-refractivity contribution < 1.29 is 9.90 Å². The Morgan fingerprint density at radius 3 is 2.44 bits per heavy atom. The van der Waals surface area contributed by atoms with Crippen molar-refractivity contribution in [2.45, 2.75) is 51.4 Å². The number of carboxylic acids is 1. The third-order valence-corrected chi connectivity index (χ3v) is 8.10. The normalized spacial score (nSPS) is 16.3. The topological polar surface area (TPSA) is 53.4 Å². The second-order valence-corrected chi connectivity index (χ2v) is 10.9. The van der Waals surface area contributed by atoms with Gasteiger partial charge in [-0.2, -0.15) is 0 Å². The van der Waals surface area contributed by atoms with Crippen molar-refractivity contribution in [2.24, 2.45) is 0 Å². The Hall–Kier alpha value is -2.95. The number of piperidine rings is 1. The average molecular weight is 501 g/mol. The number of fused-ring (bicyclic) bond motifs is 2. The summed E-state index contributed by atoms with van der Waals surface area (Å²) in [7, 11) is 0. The average Bonchev–Trinajstić information content (AvgIpc) is 3.04. The van der Waals surface area contributed by atoms with E-state index in [1.807, 2.05) is 30.5 Å². The van der Waals surface area contributed by atoms with Crippen LogP contribution in [-0.2, 0) is 29.5 Å². The van der Waals surface area contributed by atoms with Crippen molar-refractivity contribution in [3.63, 3.8) is 0 Å². The van der Waals surface area contributed by atoms with Crippen LogP contribution in [0.15, 0.2) is 66.4 Å². The highest BCUT2D eigenvalue weighted by Gasteiger charge is 2.29. The first-order valence-corrected chi connectivity index (χ1v) is 13.2. The predicted octanol–water partition coefficient (Wildman–Crippen LogP) is 6.34. The summed E-state index contributed by atoms with van der Waals surface area (Å²) in [6, 6.07) is 18.7. The van der Waals surface area contributed by atoms with Crippen LogP contribution >= 0.6 is 11.6 Å². The van der Waals surface area contributed by atoms with Crippen LogP contribution in [0.4, 0.5) is 0 Å². The molecule has 0 spiro atoms. The summed E-state index contributed by atoms with van der Waals surface area (Å²) in [5.41, 5.74) is 9.12. The minimum Gasteiger partial charge on any atom is -0.481 e. The summed E-state index contributed by atoms with van der Waals surface area (Å²) in [6.45, 7) is 6.58. The molecule has 3 aromatic rings. The Labute approximate surface area is 218 Å². The molecule has 1 aliphatic carbocycles. The van der Waals surface area contributed by atoms with Gasteiger partial charge in [0.2, 0.25) is 0 Å². The SMILES string of the molecule is CC(C)(C(=O)O)c1ccc(CCN2CCC(=C3c4ccc(Cl)cc4CCc4cccnc43)CC2)cc1. The maximum atomic E-state index is 11.5. The van der Waals surface area contributed by atoms with Crippen molar-refractivity contribution in [3.8, 4) is 0 Å². The third kappa shape index (κ3) is 4.98. The number of carboxylic acid groups (broad SMARTS) is 1. The van der Waals surface area contributed by atoms with Crippen molar-refractivity contribution in [1.82, 2.24) is 9.88 Å². The molecular weight excluding hydrogens is 468 g/mol. The first-order chi connectivity index (χ1) is 17.3. The van der Waals surface area contributed by atoms with Gasteiger partial charge in [-0.3, -0.25) is 9.78 Å². The fourth-order valence-electron chi connectivity index (χ4n) is 5.43. The van der Waals surface area contributed by atoms with Gasteiger partial charge in [-0.1, -0.05) is 53.6 Å². The van der Waals surface area contributed by atoms with Crippen LogP contribution in [0.25, 0.3) is 5.57 Å². The molecule has 5 rings (SSSR count). The van der Waals surface area contributed by atoms with Gasteiger partial charge in [0.1, 0.15) is 0 Å². The van der Waals surface area contributed by atoms with Gasteiger partial charge in [-0.05, 0) is 92.0 Å². The highest BCUT2D eigenvalue weighted by Crippen LogP contribution is 2.38. The molecule has 1 aliphatic heterocycles. The predicted molar refractivity (Wildman–Crippen MR) is 146 cm³/mol. The monoisotopic (exact) mass is 500 g/mol. The van der Waals surface area contributed by atoms with E-state index in [-0.39, 0.29) is 0 Å². The van der Waals surface area contributed by atoms with Gasteiger partial charge < -0.3 is 10.0 Å². The van der Waals surface area contributed by atoms with Gasteiger partial charge in [0.15, 0.2) is 0 Å². The van der Waals surface area contributed by atoms with Gasteiger partial charge in [0.05, 0.1) is 11.1 Å². The number of aromatic nitrogens is 1. The molecule has 1 saturated heterocycles. The molecule has 1 fully saturated rings. The highest BCUT2D eigenvalue weighted by molar-refractivity contribution is 6.30. The molecule has 0 radical (unpaired) electrons. The van der Waals surface area contributed by atoms with Crippen molar-refractivity contribution in [2.75, 3.05) is 19.6 Å². The number of hydrogen-bond donors (Lipinski definition) is 1.